The summed E-state index contributed by atoms with van der Waals surface area (Å²) in [6, 6.07) is 2.14. The van der Waals surface area contributed by atoms with Gasteiger partial charge in [-0.1, -0.05) is 0 Å². The molecule has 2 nitrogen and oxygen atoms in total. The van der Waals surface area contributed by atoms with E-state index in [9.17, 15) is 0 Å². The van der Waals surface area contributed by atoms with Crippen molar-refractivity contribution in [1.29, 1.82) is 0 Å². The van der Waals surface area contributed by atoms with E-state index in [-0.39, 0.29) is 0 Å². The van der Waals surface area contributed by atoms with Crippen LogP contribution in [0.1, 0.15) is 18.4 Å². The minimum absolute atomic E-state index is 0.721. The molecule has 1 aliphatic rings. The van der Waals surface area contributed by atoms with Crippen molar-refractivity contribution in [3.8, 4) is 0 Å². The van der Waals surface area contributed by atoms with Crippen molar-refractivity contribution in [3.63, 3.8) is 0 Å². The van der Waals surface area contributed by atoms with Gasteiger partial charge in [0.1, 0.15) is 0 Å². The Balaban J connectivity index is 1.87. The van der Waals surface area contributed by atoms with Crippen LogP contribution < -0.4 is 0 Å². The molecule has 0 atom stereocenters. The zero-order valence-electron chi connectivity index (χ0n) is 9.20. The van der Waals surface area contributed by atoms with Gasteiger partial charge in [-0.05, 0) is 59.4 Å². The van der Waals surface area contributed by atoms with Crippen LogP contribution in [0.2, 0.25) is 0 Å². The molecule has 0 aliphatic carbocycles. The summed E-state index contributed by atoms with van der Waals surface area (Å²) < 4.78 is 1.06. The number of piperidine rings is 1. The average Bonchev–Trinajstić information content (AvgIpc) is 2.30. The van der Waals surface area contributed by atoms with Crippen LogP contribution in [0.25, 0.3) is 0 Å². The largest absolute Gasteiger partial charge is 0.299 e. The van der Waals surface area contributed by atoms with Crippen LogP contribution >= 0.6 is 27.5 Å². The van der Waals surface area contributed by atoms with E-state index >= 15 is 0 Å². The Morgan fingerprint density at radius 1 is 1.38 bits per heavy atom. The minimum Gasteiger partial charge on any atom is -0.299 e. The van der Waals surface area contributed by atoms with E-state index in [1.54, 1.807) is 0 Å². The third kappa shape index (κ3) is 3.44. The molecule has 0 N–H and O–H groups in total. The Hall–Kier alpha value is -0.120. The zero-order valence-corrected chi connectivity index (χ0v) is 11.5. The molecule has 88 valence electrons. The third-order valence-electron chi connectivity index (χ3n) is 3.09. The first-order valence-corrected chi connectivity index (χ1v) is 6.98. The molecule has 0 amide bonds. The number of nitrogens with zero attached hydrogens (tertiary/aromatic N) is 2. The first kappa shape index (κ1) is 12.3. The molecule has 0 unspecified atom stereocenters. The first-order valence-electron chi connectivity index (χ1n) is 5.65. The van der Waals surface area contributed by atoms with Gasteiger partial charge in [0.15, 0.2) is 0 Å². The van der Waals surface area contributed by atoms with Gasteiger partial charge in [-0.25, -0.2) is 0 Å². The fraction of sp³-hybridized carbons (Fsp3) is 0.583. The fourth-order valence-corrected chi connectivity index (χ4v) is 2.82. The molecule has 0 radical (unpaired) electrons. The second kappa shape index (κ2) is 5.99. The number of hydrogen-bond acceptors (Lipinski definition) is 2. The van der Waals surface area contributed by atoms with Gasteiger partial charge < -0.3 is 0 Å². The summed E-state index contributed by atoms with van der Waals surface area (Å²) in [5.74, 6) is 1.53. The van der Waals surface area contributed by atoms with Crippen molar-refractivity contribution in [1.82, 2.24) is 9.88 Å². The lowest BCUT2D eigenvalue weighted by Crippen LogP contribution is -2.33. The quantitative estimate of drug-likeness (QED) is 0.797. The molecule has 2 rings (SSSR count). The highest BCUT2D eigenvalue weighted by molar-refractivity contribution is 9.10. The Bertz CT molecular complexity index is 338. The second-order valence-corrected chi connectivity index (χ2v) is 5.61. The number of halogens is 2. The van der Waals surface area contributed by atoms with Crippen molar-refractivity contribution in [2.75, 3.05) is 19.0 Å². The molecule has 4 heteroatoms. The molecule has 1 aromatic heterocycles. The van der Waals surface area contributed by atoms with E-state index in [0.717, 1.165) is 35.9 Å². The topological polar surface area (TPSA) is 16.1 Å². The summed E-state index contributed by atoms with van der Waals surface area (Å²) in [6.07, 6.45) is 6.22. The molecule has 1 aromatic rings. The van der Waals surface area contributed by atoms with E-state index in [1.807, 2.05) is 12.4 Å². The summed E-state index contributed by atoms with van der Waals surface area (Å²) in [7, 11) is 0. The summed E-state index contributed by atoms with van der Waals surface area (Å²) in [5, 5.41) is 0. The highest BCUT2D eigenvalue weighted by Gasteiger charge is 2.18. The van der Waals surface area contributed by atoms with Crippen LogP contribution in [0.4, 0.5) is 0 Å². The number of likely N-dealkylation sites (tertiary alicyclic amines) is 1. The van der Waals surface area contributed by atoms with E-state index < -0.39 is 0 Å². The van der Waals surface area contributed by atoms with Crippen molar-refractivity contribution in [3.05, 3.63) is 28.5 Å². The average molecular weight is 304 g/mol. The van der Waals surface area contributed by atoms with Crippen LogP contribution in [0.5, 0.6) is 0 Å². The van der Waals surface area contributed by atoms with Gasteiger partial charge in [0.2, 0.25) is 0 Å². The number of alkyl halides is 1. The van der Waals surface area contributed by atoms with E-state index in [4.69, 9.17) is 11.6 Å². The molecular weight excluding hydrogens is 288 g/mol. The monoisotopic (exact) mass is 302 g/mol. The van der Waals surface area contributed by atoms with Crippen LogP contribution in [-0.4, -0.2) is 28.9 Å². The molecule has 0 aromatic carbocycles. The van der Waals surface area contributed by atoms with Crippen LogP contribution in [0.15, 0.2) is 22.9 Å². The van der Waals surface area contributed by atoms with Crippen molar-refractivity contribution < 1.29 is 0 Å². The van der Waals surface area contributed by atoms with Gasteiger partial charge in [0, 0.05) is 29.3 Å². The lowest BCUT2D eigenvalue weighted by molar-refractivity contribution is 0.186. The Morgan fingerprint density at radius 2 is 2.12 bits per heavy atom. The summed E-state index contributed by atoms with van der Waals surface area (Å²) in [6.45, 7) is 3.31. The second-order valence-electron chi connectivity index (χ2n) is 4.39. The maximum Gasteiger partial charge on any atom is 0.0410 e. The molecular formula is C12H16BrClN2. The molecule has 1 aliphatic heterocycles. The smallest absolute Gasteiger partial charge is 0.0410 e. The maximum absolute atomic E-state index is 5.87. The number of aromatic nitrogens is 1. The Labute approximate surface area is 110 Å². The number of hydrogen-bond donors (Lipinski definition) is 0. The number of pyridine rings is 1. The predicted molar refractivity (Wildman–Crippen MR) is 70.7 cm³/mol. The van der Waals surface area contributed by atoms with Crippen molar-refractivity contribution in [2.24, 2.45) is 5.92 Å². The Kier molecular flexibility index (Phi) is 4.62. The van der Waals surface area contributed by atoms with Gasteiger partial charge in [-0.3, -0.25) is 9.88 Å². The van der Waals surface area contributed by atoms with Crippen LogP contribution in [0, 0.1) is 5.92 Å². The van der Waals surface area contributed by atoms with Gasteiger partial charge >= 0.3 is 0 Å². The maximum atomic E-state index is 5.87. The summed E-state index contributed by atoms with van der Waals surface area (Å²) in [4.78, 5) is 6.66. The van der Waals surface area contributed by atoms with Gasteiger partial charge in [-0.2, -0.15) is 0 Å². The van der Waals surface area contributed by atoms with E-state index in [2.05, 4.69) is 31.9 Å². The SMILES string of the molecule is ClCC1CCN(Cc2cncc(Br)c2)CC1. The highest BCUT2D eigenvalue weighted by atomic mass is 79.9. The molecule has 0 saturated carbocycles. The van der Waals surface area contributed by atoms with Crippen LogP contribution in [0.3, 0.4) is 0 Å². The molecule has 2 heterocycles. The Morgan fingerprint density at radius 3 is 2.75 bits per heavy atom. The van der Waals surface area contributed by atoms with Crippen molar-refractivity contribution >= 4 is 27.5 Å². The van der Waals surface area contributed by atoms with Gasteiger partial charge in [-0.15, -0.1) is 11.6 Å². The molecule has 16 heavy (non-hydrogen) atoms. The van der Waals surface area contributed by atoms with Crippen molar-refractivity contribution in [2.45, 2.75) is 19.4 Å². The summed E-state index contributed by atoms with van der Waals surface area (Å²) in [5.41, 5.74) is 1.28. The lowest BCUT2D eigenvalue weighted by atomic mass is 9.99. The molecule has 1 fully saturated rings. The van der Waals surface area contributed by atoms with Crippen LogP contribution in [-0.2, 0) is 6.54 Å². The van der Waals surface area contributed by atoms with Gasteiger partial charge in [0.25, 0.3) is 0 Å². The highest BCUT2D eigenvalue weighted by Crippen LogP contribution is 2.20. The predicted octanol–water partition coefficient (Wildman–Crippen LogP) is 3.29. The van der Waals surface area contributed by atoms with Gasteiger partial charge in [0.05, 0.1) is 0 Å². The fourth-order valence-electron chi connectivity index (χ4n) is 2.10. The standard InChI is InChI=1S/C12H16BrClN2/c13-12-5-11(7-15-8-12)9-16-3-1-10(6-14)2-4-16/h5,7-8,10H,1-4,6,9H2. The number of rotatable bonds is 3. The minimum atomic E-state index is 0.721. The van der Waals surface area contributed by atoms with E-state index in [1.165, 1.54) is 18.4 Å². The molecule has 0 bridgehead atoms. The molecule has 0 spiro atoms. The first-order chi connectivity index (χ1) is 7.78. The zero-order chi connectivity index (χ0) is 11.4. The third-order valence-corrected chi connectivity index (χ3v) is 3.96. The van der Waals surface area contributed by atoms with E-state index in [0.29, 0.717) is 0 Å². The lowest BCUT2D eigenvalue weighted by Gasteiger charge is -2.30. The molecule has 1 saturated heterocycles. The summed E-state index contributed by atoms with van der Waals surface area (Å²) >= 11 is 9.32. The normalized spacial score (nSPS) is 18.9.